The van der Waals surface area contributed by atoms with Crippen molar-refractivity contribution in [2.24, 2.45) is 0 Å². The van der Waals surface area contributed by atoms with E-state index in [9.17, 15) is 19.3 Å². The minimum atomic E-state index is -0.777. The van der Waals surface area contributed by atoms with Crippen LogP contribution in [0.5, 0.6) is 17.2 Å². The van der Waals surface area contributed by atoms with Gasteiger partial charge in [-0.15, -0.1) is 0 Å². The summed E-state index contributed by atoms with van der Waals surface area (Å²) in [5.41, 5.74) is -0.610. The molecule has 3 aromatic carbocycles. The molecule has 0 aromatic heterocycles. The Labute approximate surface area is 159 Å². The third-order valence-electron chi connectivity index (χ3n) is 3.61. The van der Waals surface area contributed by atoms with E-state index in [2.05, 4.69) is 5.32 Å². The van der Waals surface area contributed by atoms with Gasteiger partial charge in [0.25, 0.3) is 11.6 Å². The van der Waals surface area contributed by atoms with Gasteiger partial charge in [0.1, 0.15) is 23.1 Å². The molecule has 8 heteroatoms. The Balaban J connectivity index is 1.55. The van der Waals surface area contributed by atoms with Gasteiger partial charge in [-0.25, -0.2) is 4.39 Å². The zero-order valence-electron chi connectivity index (χ0n) is 14.5. The summed E-state index contributed by atoms with van der Waals surface area (Å²) in [6.07, 6.45) is 0. The third-order valence-corrected chi connectivity index (χ3v) is 3.61. The number of nitrogens with one attached hydrogen (secondary N) is 1. The molecule has 0 saturated carbocycles. The predicted molar refractivity (Wildman–Crippen MR) is 100 cm³/mol. The first-order valence-corrected chi connectivity index (χ1v) is 8.21. The van der Waals surface area contributed by atoms with E-state index in [0.29, 0.717) is 17.2 Å². The number of halogens is 1. The van der Waals surface area contributed by atoms with Gasteiger partial charge in [-0.1, -0.05) is 18.2 Å². The van der Waals surface area contributed by atoms with E-state index in [1.54, 1.807) is 24.3 Å². The summed E-state index contributed by atoms with van der Waals surface area (Å²) in [4.78, 5) is 22.0. The first kappa shape index (κ1) is 18.8. The van der Waals surface area contributed by atoms with Crippen molar-refractivity contribution >= 4 is 17.3 Å². The number of non-ortho nitro benzene ring substituents is 1. The van der Waals surface area contributed by atoms with Crippen LogP contribution in [0.2, 0.25) is 0 Å². The second kappa shape index (κ2) is 8.63. The SMILES string of the molecule is O=C(COc1ccc(Oc2ccccc2)cc1)Nc1cc([N+](=O)[O-])ccc1F. The normalized spacial score (nSPS) is 10.2. The standard InChI is InChI=1S/C20H15FN2O5/c21-18-11-6-14(23(25)26)12-19(18)22-20(24)13-27-15-7-9-17(10-8-15)28-16-4-2-1-3-5-16/h1-12H,13H2,(H,22,24). The summed E-state index contributed by atoms with van der Waals surface area (Å²) in [6.45, 7) is -0.388. The van der Waals surface area contributed by atoms with Crippen LogP contribution < -0.4 is 14.8 Å². The summed E-state index contributed by atoms with van der Waals surface area (Å²) in [7, 11) is 0. The molecule has 0 heterocycles. The van der Waals surface area contributed by atoms with Crippen LogP contribution in [0.25, 0.3) is 0 Å². The summed E-state index contributed by atoms with van der Waals surface area (Å²) in [6, 6.07) is 18.7. The van der Waals surface area contributed by atoms with Gasteiger partial charge in [0.05, 0.1) is 10.6 Å². The van der Waals surface area contributed by atoms with E-state index in [0.717, 1.165) is 18.2 Å². The lowest BCUT2D eigenvalue weighted by Crippen LogP contribution is -2.20. The number of nitro groups is 1. The van der Waals surface area contributed by atoms with Gasteiger partial charge >= 0.3 is 0 Å². The van der Waals surface area contributed by atoms with Crippen LogP contribution in [0, 0.1) is 15.9 Å². The molecule has 0 saturated heterocycles. The smallest absolute Gasteiger partial charge is 0.271 e. The van der Waals surface area contributed by atoms with Crippen molar-refractivity contribution in [3.8, 4) is 17.2 Å². The van der Waals surface area contributed by atoms with Crippen LogP contribution in [-0.2, 0) is 4.79 Å². The number of carbonyl (C=O) groups excluding carboxylic acids is 1. The lowest BCUT2D eigenvalue weighted by atomic mass is 10.2. The molecule has 0 radical (unpaired) electrons. The van der Waals surface area contributed by atoms with Crippen LogP contribution in [-0.4, -0.2) is 17.4 Å². The van der Waals surface area contributed by atoms with Crippen molar-refractivity contribution in [2.45, 2.75) is 0 Å². The molecule has 0 aliphatic heterocycles. The van der Waals surface area contributed by atoms with E-state index in [1.807, 2.05) is 30.3 Å². The van der Waals surface area contributed by atoms with Crippen LogP contribution >= 0.6 is 0 Å². The number of carbonyl (C=O) groups is 1. The Morgan fingerprint density at radius 2 is 1.61 bits per heavy atom. The maximum Gasteiger partial charge on any atom is 0.271 e. The molecule has 0 aliphatic carbocycles. The summed E-state index contributed by atoms with van der Waals surface area (Å²) in [5.74, 6) is 0.275. The van der Waals surface area contributed by atoms with Gasteiger partial charge in [0.15, 0.2) is 6.61 Å². The number of ether oxygens (including phenoxy) is 2. The van der Waals surface area contributed by atoms with Crippen LogP contribution in [0.4, 0.5) is 15.8 Å². The van der Waals surface area contributed by atoms with Gasteiger partial charge in [0, 0.05) is 12.1 Å². The second-order valence-corrected chi connectivity index (χ2v) is 5.64. The van der Waals surface area contributed by atoms with E-state index in [1.165, 1.54) is 0 Å². The molecule has 3 aromatic rings. The van der Waals surface area contributed by atoms with Crippen LogP contribution in [0.3, 0.4) is 0 Å². The maximum atomic E-state index is 13.7. The Kier molecular flexibility index (Phi) is 5.81. The van der Waals surface area contributed by atoms with Crippen molar-refractivity contribution < 1.29 is 23.6 Å². The molecule has 0 unspecified atom stereocenters. The Morgan fingerprint density at radius 1 is 0.964 bits per heavy atom. The molecule has 1 N–H and O–H groups in total. The fourth-order valence-electron chi connectivity index (χ4n) is 2.29. The maximum absolute atomic E-state index is 13.7. The molecule has 28 heavy (non-hydrogen) atoms. The zero-order valence-corrected chi connectivity index (χ0v) is 14.5. The highest BCUT2D eigenvalue weighted by Crippen LogP contribution is 2.24. The predicted octanol–water partition coefficient (Wildman–Crippen LogP) is 4.54. The average molecular weight is 382 g/mol. The summed E-state index contributed by atoms with van der Waals surface area (Å²) < 4.78 is 24.7. The minimum Gasteiger partial charge on any atom is -0.484 e. The number of rotatable bonds is 7. The van der Waals surface area contributed by atoms with Crippen molar-refractivity contribution in [3.63, 3.8) is 0 Å². The Morgan fingerprint density at radius 3 is 2.29 bits per heavy atom. The van der Waals surface area contributed by atoms with E-state index >= 15 is 0 Å². The number of para-hydroxylation sites is 1. The Hall–Kier alpha value is -3.94. The molecule has 0 aliphatic rings. The molecule has 1 amide bonds. The zero-order chi connectivity index (χ0) is 19.9. The van der Waals surface area contributed by atoms with Gasteiger partial charge in [-0.05, 0) is 42.5 Å². The van der Waals surface area contributed by atoms with Gasteiger partial charge in [0.2, 0.25) is 0 Å². The summed E-state index contributed by atoms with van der Waals surface area (Å²) in [5, 5.41) is 13.0. The molecule has 3 rings (SSSR count). The highest BCUT2D eigenvalue weighted by atomic mass is 19.1. The number of nitrogens with zero attached hydrogens (tertiary/aromatic N) is 1. The lowest BCUT2D eigenvalue weighted by Gasteiger charge is -2.09. The average Bonchev–Trinajstić information content (AvgIpc) is 2.70. The molecule has 142 valence electrons. The molecule has 0 spiro atoms. The number of anilines is 1. The van der Waals surface area contributed by atoms with Gasteiger partial charge in [-0.2, -0.15) is 0 Å². The van der Waals surface area contributed by atoms with E-state index in [-0.39, 0.29) is 18.0 Å². The van der Waals surface area contributed by atoms with E-state index in [4.69, 9.17) is 9.47 Å². The largest absolute Gasteiger partial charge is 0.484 e. The molecule has 7 nitrogen and oxygen atoms in total. The quantitative estimate of drug-likeness (QED) is 0.478. The van der Waals surface area contributed by atoms with Crippen LogP contribution in [0.15, 0.2) is 72.8 Å². The minimum absolute atomic E-state index is 0.283. The number of hydrogen-bond donors (Lipinski definition) is 1. The monoisotopic (exact) mass is 382 g/mol. The fraction of sp³-hybridized carbons (Fsp3) is 0.0500. The van der Waals surface area contributed by atoms with Crippen molar-refractivity contribution in [1.82, 2.24) is 0 Å². The van der Waals surface area contributed by atoms with Gasteiger partial charge in [-0.3, -0.25) is 14.9 Å². The first-order valence-electron chi connectivity index (χ1n) is 8.21. The second-order valence-electron chi connectivity index (χ2n) is 5.64. The number of benzene rings is 3. The topological polar surface area (TPSA) is 90.7 Å². The number of amides is 1. The van der Waals surface area contributed by atoms with Crippen molar-refractivity contribution in [3.05, 3.63) is 88.7 Å². The number of hydrogen-bond acceptors (Lipinski definition) is 5. The number of nitro benzene ring substituents is 1. The van der Waals surface area contributed by atoms with Crippen LogP contribution in [0.1, 0.15) is 0 Å². The molecule has 0 bridgehead atoms. The highest BCUT2D eigenvalue weighted by molar-refractivity contribution is 5.92. The highest BCUT2D eigenvalue weighted by Gasteiger charge is 2.13. The third kappa shape index (κ3) is 5.04. The molecular formula is C20H15FN2O5. The summed E-state index contributed by atoms with van der Waals surface area (Å²) >= 11 is 0. The molecule has 0 fully saturated rings. The first-order chi connectivity index (χ1) is 13.5. The van der Waals surface area contributed by atoms with Crippen molar-refractivity contribution in [1.29, 1.82) is 0 Å². The fourth-order valence-corrected chi connectivity index (χ4v) is 2.29. The van der Waals surface area contributed by atoms with Crippen molar-refractivity contribution in [2.75, 3.05) is 11.9 Å². The molecular weight excluding hydrogens is 367 g/mol. The Bertz CT molecular complexity index is 978. The molecule has 0 atom stereocenters. The lowest BCUT2D eigenvalue weighted by molar-refractivity contribution is -0.384. The van der Waals surface area contributed by atoms with E-state index < -0.39 is 16.6 Å². The van der Waals surface area contributed by atoms with Gasteiger partial charge < -0.3 is 14.8 Å².